The molecule has 1 aliphatic heterocycles. The number of nitrogens with one attached hydrogen (secondary N) is 1. The van der Waals surface area contributed by atoms with Gasteiger partial charge in [0.1, 0.15) is 16.5 Å². The van der Waals surface area contributed by atoms with Crippen LogP contribution in [0, 0.1) is 13.8 Å². The Morgan fingerprint density at radius 2 is 2.00 bits per heavy atom. The maximum atomic E-state index is 12.8. The fourth-order valence-electron chi connectivity index (χ4n) is 3.02. The van der Waals surface area contributed by atoms with Crippen LogP contribution < -0.4 is 14.4 Å². The molecule has 2 aromatic rings. The highest BCUT2D eigenvalue weighted by Gasteiger charge is 2.29. The van der Waals surface area contributed by atoms with Gasteiger partial charge in [0.05, 0.1) is 7.11 Å². The first-order chi connectivity index (χ1) is 11.9. The molecule has 1 saturated heterocycles. The molecule has 1 aromatic carbocycles. The summed E-state index contributed by atoms with van der Waals surface area (Å²) in [6.45, 7) is 5.20. The number of ether oxygens (including phenoxy) is 1. The SMILES string of the molecule is COc1cc(C)c(C)cc1S(=O)(=O)NC1CCN(c2ccccn2)C1. The summed E-state index contributed by atoms with van der Waals surface area (Å²) < 4.78 is 33.8. The third-order valence-corrected chi connectivity index (χ3v) is 6.09. The van der Waals surface area contributed by atoms with Gasteiger partial charge in [0.15, 0.2) is 0 Å². The Morgan fingerprint density at radius 3 is 2.68 bits per heavy atom. The van der Waals surface area contributed by atoms with E-state index in [2.05, 4.69) is 14.6 Å². The number of sulfonamides is 1. The molecule has 1 aliphatic rings. The van der Waals surface area contributed by atoms with E-state index in [0.29, 0.717) is 12.3 Å². The average molecular weight is 361 g/mol. The van der Waals surface area contributed by atoms with Gasteiger partial charge < -0.3 is 9.64 Å². The van der Waals surface area contributed by atoms with Gasteiger partial charge >= 0.3 is 0 Å². The predicted molar refractivity (Wildman–Crippen MR) is 97.6 cm³/mol. The summed E-state index contributed by atoms with van der Waals surface area (Å²) in [7, 11) is -2.17. The van der Waals surface area contributed by atoms with Gasteiger partial charge in [0.2, 0.25) is 10.0 Å². The highest BCUT2D eigenvalue weighted by Crippen LogP contribution is 2.28. The van der Waals surface area contributed by atoms with Crippen molar-refractivity contribution < 1.29 is 13.2 Å². The van der Waals surface area contributed by atoms with E-state index in [0.717, 1.165) is 29.9 Å². The lowest BCUT2D eigenvalue weighted by Gasteiger charge is -2.18. The van der Waals surface area contributed by atoms with Gasteiger partial charge in [0, 0.05) is 25.3 Å². The van der Waals surface area contributed by atoms with Crippen LogP contribution in [-0.4, -0.2) is 39.6 Å². The van der Waals surface area contributed by atoms with Crippen LogP contribution in [0.3, 0.4) is 0 Å². The van der Waals surface area contributed by atoms with Crippen molar-refractivity contribution in [2.75, 3.05) is 25.1 Å². The largest absolute Gasteiger partial charge is 0.495 e. The zero-order chi connectivity index (χ0) is 18.0. The zero-order valence-electron chi connectivity index (χ0n) is 14.7. The number of methoxy groups -OCH3 is 1. The molecule has 6 nitrogen and oxygen atoms in total. The van der Waals surface area contributed by atoms with Crippen LogP contribution in [0.1, 0.15) is 17.5 Å². The minimum atomic E-state index is -3.65. The molecule has 0 saturated carbocycles. The average Bonchev–Trinajstić information content (AvgIpc) is 3.05. The van der Waals surface area contributed by atoms with E-state index in [4.69, 9.17) is 4.74 Å². The second kappa shape index (κ2) is 7.01. The Bertz CT molecular complexity index is 853. The number of nitrogens with zero attached hydrogens (tertiary/aromatic N) is 2. The van der Waals surface area contributed by atoms with Crippen LogP contribution in [0.15, 0.2) is 41.4 Å². The molecule has 1 N–H and O–H groups in total. The molecular weight excluding hydrogens is 338 g/mol. The minimum absolute atomic E-state index is 0.154. The van der Waals surface area contributed by atoms with Gasteiger partial charge in [-0.1, -0.05) is 6.07 Å². The number of aryl methyl sites for hydroxylation is 2. The van der Waals surface area contributed by atoms with Crippen LogP contribution >= 0.6 is 0 Å². The molecule has 1 unspecified atom stereocenters. The van der Waals surface area contributed by atoms with Crippen LogP contribution in [0.2, 0.25) is 0 Å². The van der Waals surface area contributed by atoms with Crippen molar-refractivity contribution in [3.8, 4) is 5.75 Å². The van der Waals surface area contributed by atoms with E-state index in [1.807, 2.05) is 32.0 Å². The summed E-state index contributed by atoms with van der Waals surface area (Å²) in [4.78, 5) is 6.60. The zero-order valence-corrected chi connectivity index (χ0v) is 15.5. The number of aromatic nitrogens is 1. The Labute approximate surface area is 148 Å². The molecule has 0 spiro atoms. The standard InChI is InChI=1S/C18H23N3O3S/c1-13-10-16(24-3)17(11-14(13)2)25(22,23)20-15-7-9-21(12-15)18-6-4-5-8-19-18/h4-6,8,10-11,15,20H,7,9,12H2,1-3H3. The van der Waals surface area contributed by atoms with Crippen molar-refractivity contribution in [1.82, 2.24) is 9.71 Å². The Kier molecular flexibility index (Phi) is 4.96. The van der Waals surface area contributed by atoms with E-state index in [1.54, 1.807) is 18.3 Å². The third kappa shape index (κ3) is 3.77. The molecule has 0 amide bonds. The lowest BCUT2D eigenvalue weighted by Crippen LogP contribution is -2.37. The Morgan fingerprint density at radius 1 is 1.24 bits per heavy atom. The minimum Gasteiger partial charge on any atom is -0.495 e. The molecule has 2 heterocycles. The number of anilines is 1. The predicted octanol–water partition coefficient (Wildman–Crippen LogP) is 2.26. The molecule has 0 bridgehead atoms. The monoisotopic (exact) mass is 361 g/mol. The quantitative estimate of drug-likeness (QED) is 0.884. The molecule has 25 heavy (non-hydrogen) atoms. The molecule has 1 aromatic heterocycles. The van der Waals surface area contributed by atoms with Crippen LogP contribution in [0.4, 0.5) is 5.82 Å². The number of hydrogen-bond donors (Lipinski definition) is 1. The van der Waals surface area contributed by atoms with Crippen LogP contribution in [0.25, 0.3) is 0 Å². The maximum absolute atomic E-state index is 12.8. The number of benzene rings is 1. The fourth-order valence-corrected chi connectivity index (χ4v) is 4.52. The lowest BCUT2D eigenvalue weighted by molar-refractivity contribution is 0.401. The second-order valence-electron chi connectivity index (χ2n) is 6.33. The van der Waals surface area contributed by atoms with Gasteiger partial charge in [-0.15, -0.1) is 0 Å². The highest BCUT2D eigenvalue weighted by molar-refractivity contribution is 7.89. The van der Waals surface area contributed by atoms with E-state index >= 15 is 0 Å². The first kappa shape index (κ1) is 17.7. The van der Waals surface area contributed by atoms with Gasteiger partial charge in [0.25, 0.3) is 0 Å². The summed E-state index contributed by atoms with van der Waals surface area (Å²) >= 11 is 0. The van der Waals surface area contributed by atoms with Gasteiger partial charge in [-0.3, -0.25) is 0 Å². The van der Waals surface area contributed by atoms with Gasteiger partial charge in [-0.2, -0.15) is 0 Å². The van der Waals surface area contributed by atoms with E-state index < -0.39 is 10.0 Å². The summed E-state index contributed by atoms with van der Waals surface area (Å²) in [5, 5.41) is 0. The molecule has 1 atom stereocenters. The van der Waals surface area contributed by atoms with Crippen molar-refractivity contribution in [3.05, 3.63) is 47.7 Å². The normalized spacial score (nSPS) is 17.7. The van der Waals surface area contributed by atoms with Crippen molar-refractivity contribution in [1.29, 1.82) is 0 Å². The van der Waals surface area contributed by atoms with E-state index in [1.165, 1.54) is 7.11 Å². The van der Waals surface area contributed by atoms with E-state index in [-0.39, 0.29) is 10.9 Å². The molecule has 3 rings (SSSR count). The fraction of sp³-hybridized carbons (Fsp3) is 0.389. The van der Waals surface area contributed by atoms with Crippen molar-refractivity contribution in [3.63, 3.8) is 0 Å². The van der Waals surface area contributed by atoms with E-state index in [9.17, 15) is 8.42 Å². The van der Waals surface area contributed by atoms with Crippen molar-refractivity contribution in [2.24, 2.45) is 0 Å². The third-order valence-electron chi connectivity index (χ3n) is 4.55. The molecule has 134 valence electrons. The summed E-state index contributed by atoms with van der Waals surface area (Å²) in [5.74, 6) is 1.24. The van der Waals surface area contributed by atoms with Gasteiger partial charge in [-0.05, 0) is 55.7 Å². The smallest absolute Gasteiger partial charge is 0.244 e. The Hall–Kier alpha value is -2.12. The topological polar surface area (TPSA) is 71.5 Å². The molecule has 7 heteroatoms. The van der Waals surface area contributed by atoms with Crippen molar-refractivity contribution in [2.45, 2.75) is 31.2 Å². The number of pyridine rings is 1. The van der Waals surface area contributed by atoms with Crippen LogP contribution in [0.5, 0.6) is 5.75 Å². The molecule has 0 radical (unpaired) electrons. The maximum Gasteiger partial charge on any atom is 0.244 e. The number of hydrogen-bond acceptors (Lipinski definition) is 5. The summed E-state index contributed by atoms with van der Waals surface area (Å²) in [6, 6.07) is 9.01. The molecule has 1 fully saturated rings. The molecular formula is C18H23N3O3S. The summed E-state index contributed by atoms with van der Waals surface area (Å²) in [6.07, 6.45) is 2.48. The first-order valence-corrected chi connectivity index (χ1v) is 9.72. The second-order valence-corrected chi connectivity index (χ2v) is 8.01. The Balaban J connectivity index is 1.78. The highest BCUT2D eigenvalue weighted by atomic mass is 32.2. The van der Waals surface area contributed by atoms with Crippen molar-refractivity contribution >= 4 is 15.8 Å². The number of rotatable bonds is 5. The lowest BCUT2D eigenvalue weighted by atomic mass is 10.1. The first-order valence-electron chi connectivity index (χ1n) is 8.24. The molecule has 0 aliphatic carbocycles. The van der Waals surface area contributed by atoms with Gasteiger partial charge in [-0.25, -0.2) is 18.1 Å². The van der Waals surface area contributed by atoms with Crippen LogP contribution in [-0.2, 0) is 10.0 Å². The summed E-state index contributed by atoms with van der Waals surface area (Å²) in [5.41, 5.74) is 1.92.